The van der Waals surface area contributed by atoms with Gasteiger partial charge < -0.3 is 19.3 Å². The monoisotopic (exact) mass is 400 g/mol. The largest absolute Gasteiger partial charge is 0.490 e. The van der Waals surface area contributed by atoms with E-state index in [4.69, 9.17) is 9.47 Å². The number of carbonyl (C=O) groups is 2. The molecule has 0 N–H and O–H groups in total. The highest BCUT2D eigenvalue weighted by Crippen LogP contribution is 2.32. The van der Waals surface area contributed by atoms with Crippen LogP contribution in [-0.4, -0.2) is 67.1 Å². The molecule has 2 heterocycles. The third-order valence-corrected chi connectivity index (χ3v) is 6.31. The second-order valence-electron chi connectivity index (χ2n) is 8.55. The van der Waals surface area contributed by atoms with Gasteiger partial charge in [0.15, 0.2) is 0 Å². The average molecular weight is 401 g/mol. The zero-order chi connectivity index (χ0) is 20.2. The van der Waals surface area contributed by atoms with Crippen molar-refractivity contribution >= 4 is 11.8 Å². The molecule has 1 saturated carbocycles. The molecule has 1 aliphatic carbocycles. The summed E-state index contributed by atoms with van der Waals surface area (Å²) >= 11 is 0. The van der Waals surface area contributed by atoms with Gasteiger partial charge in [-0.1, -0.05) is 6.07 Å². The van der Waals surface area contributed by atoms with E-state index >= 15 is 0 Å². The Labute approximate surface area is 173 Å². The average Bonchev–Trinajstić information content (AvgIpc) is 3.60. The molecule has 1 aromatic rings. The van der Waals surface area contributed by atoms with Crippen LogP contribution in [0.15, 0.2) is 24.3 Å². The standard InChI is InChI=1S/C23H32N2O4/c1-28-16-19-6-2-3-12-25(19)23(27)18-5-4-7-21(15-18)29-20-10-13-24(14-11-20)22(26)17-8-9-17/h4-5,7,15,17,19-20H,2-3,6,8-14,16H2,1H3/t19-/m1/s1. The number of hydrogen-bond donors (Lipinski definition) is 0. The predicted molar refractivity (Wildman–Crippen MR) is 110 cm³/mol. The molecular formula is C23H32N2O4. The first-order valence-electron chi connectivity index (χ1n) is 11.0. The third-order valence-electron chi connectivity index (χ3n) is 6.31. The number of likely N-dealkylation sites (tertiary alicyclic amines) is 2. The first kappa shape index (κ1) is 20.2. The molecule has 1 aromatic carbocycles. The lowest BCUT2D eigenvalue weighted by molar-refractivity contribution is -0.134. The number of ether oxygens (including phenoxy) is 2. The number of carbonyl (C=O) groups excluding carboxylic acids is 2. The Hall–Kier alpha value is -2.08. The summed E-state index contributed by atoms with van der Waals surface area (Å²) in [6.45, 7) is 2.90. The summed E-state index contributed by atoms with van der Waals surface area (Å²) in [5.41, 5.74) is 0.673. The molecule has 4 rings (SSSR count). The topological polar surface area (TPSA) is 59.1 Å². The molecule has 158 valence electrons. The van der Waals surface area contributed by atoms with Crippen molar-refractivity contribution in [2.24, 2.45) is 5.92 Å². The summed E-state index contributed by atoms with van der Waals surface area (Å²) in [4.78, 5) is 29.2. The Morgan fingerprint density at radius 2 is 1.83 bits per heavy atom. The van der Waals surface area contributed by atoms with Gasteiger partial charge in [-0.2, -0.15) is 0 Å². The van der Waals surface area contributed by atoms with E-state index in [1.54, 1.807) is 7.11 Å². The second-order valence-corrected chi connectivity index (χ2v) is 8.55. The predicted octanol–water partition coefficient (Wildman–Crippen LogP) is 3.11. The number of hydrogen-bond acceptors (Lipinski definition) is 4. The molecule has 2 saturated heterocycles. The van der Waals surface area contributed by atoms with Crippen LogP contribution in [0.25, 0.3) is 0 Å². The number of rotatable bonds is 6. The molecule has 29 heavy (non-hydrogen) atoms. The molecule has 0 spiro atoms. The maximum Gasteiger partial charge on any atom is 0.254 e. The van der Waals surface area contributed by atoms with E-state index in [2.05, 4.69) is 0 Å². The molecule has 2 amide bonds. The zero-order valence-electron chi connectivity index (χ0n) is 17.3. The van der Waals surface area contributed by atoms with Crippen LogP contribution in [0.5, 0.6) is 5.75 Å². The maximum absolute atomic E-state index is 13.1. The molecule has 0 radical (unpaired) electrons. The fourth-order valence-corrected chi connectivity index (χ4v) is 4.48. The lowest BCUT2D eigenvalue weighted by Gasteiger charge is -2.35. The van der Waals surface area contributed by atoms with E-state index in [0.29, 0.717) is 18.1 Å². The maximum atomic E-state index is 13.1. The first-order valence-corrected chi connectivity index (χ1v) is 11.0. The molecule has 0 unspecified atom stereocenters. The Bertz CT molecular complexity index is 723. The van der Waals surface area contributed by atoms with Crippen LogP contribution in [0.4, 0.5) is 0 Å². The number of benzene rings is 1. The number of piperidine rings is 2. The lowest BCUT2D eigenvalue weighted by atomic mass is 10.0. The van der Waals surface area contributed by atoms with Crippen LogP contribution >= 0.6 is 0 Å². The van der Waals surface area contributed by atoms with Crippen molar-refractivity contribution < 1.29 is 19.1 Å². The minimum atomic E-state index is 0.0575. The van der Waals surface area contributed by atoms with Crippen molar-refractivity contribution in [1.82, 2.24) is 9.80 Å². The summed E-state index contributed by atoms with van der Waals surface area (Å²) < 4.78 is 11.5. The Balaban J connectivity index is 1.35. The van der Waals surface area contributed by atoms with Crippen LogP contribution in [0.1, 0.15) is 55.3 Å². The van der Waals surface area contributed by atoms with Gasteiger partial charge in [-0.15, -0.1) is 0 Å². The highest BCUT2D eigenvalue weighted by Gasteiger charge is 2.35. The number of methoxy groups -OCH3 is 1. The van der Waals surface area contributed by atoms with Gasteiger partial charge in [-0.05, 0) is 50.3 Å². The summed E-state index contributed by atoms with van der Waals surface area (Å²) in [6.07, 6.45) is 7.07. The molecular weight excluding hydrogens is 368 g/mol. The van der Waals surface area contributed by atoms with E-state index in [1.807, 2.05) is 34.1 Å². The van der Waals surface area contributed by atoms with Crippen molar-refractivity contribution in [3.63, 3.8) is 0 Å². The molecule has 3 aliphatic rings. The molecule has 1 atom stereocenters. The highest BCUT2D eigenvalue weighted by molar-refractivity contribution is 5.95. The van der Waals surface area contributed by atoms with Crippen LogP contribution < -0.4 is 4.74 Å². The number of nitrogens with zero attached hydrogens (tertiary/aromatic N) is 2. The van der Waals surface area contributed by atoms with Gasteiger partial charge in [0.1, 0.15) is 11.9 Å². The van der Waals surface area contributed by atoms with Gasteiger partial charge in [0.25, 0.3) is 5.91 Å². The van der Waals surface area contributed by atoms with Crippen LogP contribution in [0, 0.1) is 5.92 Å². The van der Waals surface area contributed by atoms with Crippen molar-refractivity contribution in [3.05, 3.63) is 29.8 Å². The van der Waals surface area contributed by atoms with Gasteiger partial charge in [0, 0.05) is 51.1 Å². The molecule has 6 heteroatoms. The Kier molecular flexibility index (Phi) is 6.38. The van der Waals surface area contributed by atoms with Crippen molar-refractivity contribution in [2.75, 3.05) is 33.4 Å². The van der Waals surface area contributed by atoms with Gasteiger partial charge in [0.2, 0.25) is 5.91 Å². The van der Waals surface area contributed by atoms with E-state index in [1.165, 1.54) is 0 Å². The third kappa shape index (κ3) is 4.92. The smallest absolute Gasteiger partial charge is 0.254 e. The molecule has 3 fully saturated rings. The van der Waals surface area contributed by atoms with E-state index in [0.717, 1.165) is 70.3 Å². The van der Waals surface area contributed by atoms with E-state index < -0.39 is 0 Å². The van der Waals surface area contributed by atoms with Crippen molar-refractivity contribution in [3.8, 4) is 5.75 Å². The normalized spacial score (nSPS) is 23.1. The Morgan fingerprint density at radius 1 is 1.03 bits per heavy atom. The molecule has 0 bridgehead atoms. The summed E-state index contributed by atoms with van der Waals surface area (Å²) in [5, 5.41) is 0. The van der Waals surface area contributed by atoms with E-state index in [9.17, 15) is 9.59 Å². The first-order chi connectivity index (χ1) is 14.2. The van der Waals surface area contributed by atoms with Crippen LogP contribution in [-0.2, 0) is 9.53 Å². The summed E-state index contributed by atoms with van der Waals surface area (Å²) in [7, 11) is 1.69. The SMILES string of the molecule is COC[C@H]1CCCCN1C(=O)c1cccc(OC2CCN(C(=O)C3CC3)CC2)c1. The fraction of sp³-hybridized carbons (Fsp3) is 0.652. The van der Waals surface area contributed by atoms with Crippen molar-refractivity contribution in [1.29, 1.82) is 0 Å². The zero-order valence-corrected chi connectivity index (χ0v) is 17.3. The van der Waals surface area contributed by atoms with Crippen LogP contribution in [0.3, 0.4) is 0 Å². The quantitative estimate of drug-likeness (QED) is 0.736. The fourth-order valence-electron chi connectivity index (χ4n) is 4.48. The van der Waals surface area contributed by atoms with Gasteiger partial charge in [-0.25, -0.2) is 0 Å². The summed E-state index contributed by atoms with van der Waals surface area (Å²) in [6, 6.07) is 7.69. The van der Waals surface area contributed by atoms with Gasteiger partial charge in [0.05, 0.1) is 12.6 Å². The molecule has 2 aliphatic heterocycles. The van der Waals surface area contributed by atoms with Crippen molar-refractivity contribution in [2.45, 2.75) is 57.1 Å². The molecule has 6 nitrogen and oxygen atoms in total. The summed E-state index contributed by atoms with van der Waals surface area (Å²) in [5.74, 6) is 1.40. The minimum absolute atomic E-state index is 0.0575. The Morgan fingerprint density at radius 3 is 2.55 bits per heavy atom. The molecule has 0 aromatic heterocycles. The van der Waals surface area contributed by atoms with Gasteiger partial charge >= 0.3 is 0 Å². The van der Waals surface area contributed by atoms with E-state index in [-0.39, 0.29) is 24.0 Å². The van der Waals surface area contributed by atoms with Gasteiger partial charge in [-0.3, -0.25) is 9.59 Å². The van der Waals surface area contributed by atoms with Crippen LogP contribution in [0.2, 0.25) is 0 Å². The number of amides is 2. The lowest BCUT2D eigenvalue weighted by Crippen LogP contribution is -2.46. The highest BCUT2D eigenvalue weighted by atomic mass is 16.5. The second kappa shape index (κ2) is 9.16. The minimum Gasteiger partial charge on any atom is -0.490 e.